The van der Waals surface area contributed by atoms with Crippen molar-refractivity contribution in [1.82, 2.24) is 4.90 Å². The number of nitrogens with zero attached hydrogens (tertiary/aromatic N) is 2. The zero-order chi connectivity index (χ0) is 13.1. The highest BCUT2D eigenvalue weighted by Gasteiger charge is 2.18. The third-order valence-corrected chi connectivity index (χ3v) is 3.25. The average Bonchev–Trinajstić information content (AvgIpc) is 2.32. The van der Waals surface area contributed by atoms with Gasteiger partial charge in [-0.2, -0.15) is 0 Å². The molecule has 1 fully saturated rings. The molecule has 0 saturated carbocycles. The summed E-state index contributed by atoms with van der Waals surface area (Å²) in [4.78, 5) is 12.4. The molecule has 18 heavy (non-hydrogen) atoms. The minimum absolute atomic E-state index is 0.0483. The monoisotopic (exact) mass is 251 g/mol. The van der Waals surface area contributed by atoms with Crippen LogP contribution in [0.4, 0.5) is 11.4 Å². The Balaban J connectivity index is 2.02. The minimum atomic E-state index is -0.476. The van der Waals surface area contributed by atoms with Gasteiger partial charge in [-0.15, -0.1) is 0 Å². The molecule has 98 valence electrons. The summed E-state index contributed by atoms with van der Waals surface area (Å²) in [6, 6.07) is 4.84. The Hall–Kier alpha value is -1.66. The Labute approximate surface area is 105 Å². The molecule has 1 saturated heterocycles. The molecule has 1 aromatic rings. The second-order valence-electron chi connectivity index (χ2n) is 4.66. The van der Waals surface area contributed by atoms with Gasteiger partial charge in [-0.25, -0.2) is 0 Å². The molecule has 2 rings (SSSR count). The van der Waals surface area contributed by atoms with Crippen LogP contribution < -0.4 is 5.73 Å². The first-order valence-electron chi connectivity index (χ1n) is 5.99. The van der Waals surface area contributed by atoms with Crippen LogP contribution in [0.1, 0.15) is 18.4 Å². The van der Waals surface area contributed by atoms with Gasteiger partial charge in [0.05, 0.1) is 11.0 Å². The van der Waals surface area contributed by atoms with Gasteiger partial charge in [-0.3, -0.25) is 15.0 Å². The summed E-state index contributed by atoms with van der Waals surface area (Å²) in [6.07, 6.45) is 1.37. The van der Waals surface area contributed by atoms with Crippen molar-refractivity contribution < 1.29 is 10.0 Å². The third kappa shape index (κ3) is 2.96. The second kappa shape index (κ2) is 5.32. The summed E-state index contributed by atoms with van der Waals surface area (Å²) >= 11 is 0. The molecule has 6 heteroatoms. The number of nitrogen functional groups attached to an aromatic ring is 1. The van der Waals surface area contributed by atoms with E-state index in [9.17, 15) is 15.2 Å². The normalized spacial score (nSPS) is 17.8. The SMILES string of the molecule is Nc1cc(CN2CCC(O)CC2)ccc1[N+](=O)[O-]. The lowest BCUT2D eigenvalue weighted by Gasteiger charge is -2.29. The number of likely N-dealkylation sites (tertiary alicyclic amines) is 1. The number of rotatable bonds is 3. The van der Waals surface area contributed by atoms with Crippen molar-refractivity contribution in [2.45, 2.75) is 25.5 Å². The standard InChI is InChI=1S/C12H17N3O3/c13-11-7-9(1-2-12(11)15(17)18)8-14-5-3-10(16)4-6-14/h1-2,7,10,16H,3-6,8,13H2. The van der Waals surface area contributed by atoms with Gasteiger partial charge in [-0.1, -0.05) is 6.07 Å². The van der Waals surface area contributed by atoms with E-state index in [-0.39, 0.29) is 17.5 Å². The fourth-order valence-corrected chi connectivity index (χ4v) is 2.20. The number of piperidine rings is 1. The van der Waals surface area contributed by atoms with Gasteiger partial charge in [0.2, 0.25) is 0 Å². The topological polar surface area (TPSA) is 92.6 Å². The van der Waals surface area contributed by atoms with E-state index in [2.05, 4.69) is 4.90 Å². The average molecular weight is 251 g/mol. The van der Waals surface area contributed by atoms with Crippen LogP contribution in [-0.2, 0) is 6.54 Å². The van der Waals surface area contributed by atoms with Crippen LogP contribution in [0, 0.1) is 10.1 Å². The number of hydrogen-bond acceptors (Lipinski definition) is 5. The van der Waals surface area contributed by atoms with Crippen molar-refractivity contribution in [3.63, 3.8) is 0 Å². The number of anilines is 1. The van der Waals surface area contributed by atoms with Gasteiger partial charge in [0.25, 0.3) is 5.69 Å². The molecule has 0 radical (unpaired) electrons. The van der Waals surface area contributed by atoms with Crippen molar-refractivity contribution in [3.8, 4) is 0 Å². The number of benzene rings is 1. The fourth-order valence-electron chi connectivity index (χ4n) is 2.20. The molecule has 0 amide bonds. The van der Waals surface area contributed by atoms with Crippen LogP contribution in [0.5, 0.6) is 0 Å². The first-order chi connectivity index (χ1) is 8.56. The van der Waals surface area contributed by atoms with Crippen molar-refractivity contribution in [3.05, 3.63) is 33.9 Å². The van der Waals surface area contributed by atoms with E-state index in [4.69, 9.17) is 5.73 Å². The molecule has 0 aromatic heterocycles. The number of nitro benzene ring substituents is 1. The van der Waals surface area contributed by atoms with E-state index in [0.717, 1.165) is 38.0 Å². The molecule has 0 bridgehead atoms. The Morgan fingerprint density at radius 1 is 1.44 bits per heavy atom. The van der Waals surface area contributed by atoms with Gasteiger partial charge in [-0.05, 0) is 24.5 Å². The van der Waals surface area contributed by atoms with E-state index >= 15 is 0 Å². The fraction of sp³-hybridized carbons (Fsp3) is 0.500. The van der Waals surface area contributed by atoms with E-state index < -0.39 is 4.92 Å². The molecule has 0 aliphatic carbocycles. The van der Waals surface area contributed by atoms with E-state index in [0.29, 0.717) is 0 Å². The summed E-state index contributed by atoms with van der Waals surface area (Å²) in [6.45, 7) is 2.41. The molecular weight excluding hydrogens is 234 g/mol. The highest BCUT2D eigenvalue weighted by molar-refractivity contribution is 5.59. The summed E-state index contributed by atoms with van der Waals surface area (Å²) in [7, 11) is 0. The molecule has 1 aromatic carbocycles. The molecule has 0 spiro atoms. The zero-order valence-electron chi connectivity index (χ0n) is 10.1. The number of aliphatic hydroxyl groups is 1. The Kier molecular flexibility index (Phi) is 3.78. The van der Waals surface area contributed by atoms with Crippen molar-refractivity contribution in [2.75, 3.05) is 18.8 Å². The van der Waals surface area contributed by atoms with Gasteiger partial charge >= 0.3 is 0 Å². The first kappa shape index (κ1) is 12.8. The Morgan fingerprint density at radius 3 is 2.67 bits per heavy atom. The quantitative estimate of drug-likeness (QED) is 0.477. The molecule has 0 atom stereocenters. The van der Waals surface area contributed by atoms with Crippen LogP contribution in [0.3, 0.4) is 0 Å². The van der Waals surface area contributed by atoms with Crippen LogP contribution in [0.15, 0.2) is 18.2 Å². The summed E-state index contributed by atoms with van der Waals surface area (Å²) in [5.74, 6) is 0. The maximum Gasteiger partial charge on any atom is 0.292 e. The number of nitrogens with two attached hydrogens (primary N) is 1. The van der Waals surface area contributed by atoms with Crippen LogP contribution in [-0.4, -0.2) is 34.1 Å². The van der Waals surface area contributed by atoms with E-state index in [1.807, 2.05) is 0 Å². The highest BCUT2D eigenvalue weighted by Crippen LogP contribution is 2.23. The lowest BCUT2D eigenvalue weighted by atomic mass is 10.1. The second-order valence-corrected chi connectivity index (χ2v) is 4.66. The molecule has 1 heterocycles. The lowest BCUT2D eigenvalue weighted by Crippen LogP contribution is -2.35. The van der Waals surface area contributed by atoms with Crippen LogP contribution in [0.25, 0.3) is 0 Å². The molecule has 6 nitrogen and oxygen atoms in total. The summed E-state index contributed by atoms with van der Waals surface area (Å²) in [5.41, 5.74) is 6.77. The smallest absolute Gasteiger partial charge is 0.292 e. The predicted molar refractivity (Wildman–Crippen MR) is 68.0 cm³/mol. The molecule has 3 N–H and O–H groups in total. The minimum Gasteiger partial charge on any atom is -0.393 e. The summed E-state index contributed by atoms with van der Waals surface area (Å²) in [5, 5.41) is 20.1. The maximum absolute atomic E-state index is 10.6. The van der Waals surface area contributed by atoms with Gasteiger partial charge in [0, 0.05) is 25.7 Å². The lowest BCUT2D eigenvalue weighted by molar-refractivity contribution is -0.383. The van der Waals surface area contributed by atoms with Crippen LogP contribution >= 0.6 is 0 Å². The molecule has 1 aliphatic heterocycles. The van der Waals surface area contributed by atoms with Gasteiger partial charge < -0.3 is 10.8 Å². The Morgan fingerprint density at radius 2 is 2.11 bits per heavy atom. The van der Waals surface area contributed by atoms with Crippen molar-refractivity contribution >= 4 is 11.4 Å². The number of hydrogen-bond donors (Lipinski definition) is 2. The summed E-state index contributed by atoms with van der Waals surface area (Å²) < 4.78 is 0. The van der Waals surface area contributed by atoms with Crippen molar-refractivity contribution in [1.29, 1.82) is 0 Å². The van der Waals surface area contributed by atoms with E-state index in [1.165, 1.54) is 6.07 Å². The number of nitro groups is 1. The molecule has 1 aliphatic rings. The van der Waals surface area contributed by atoms with Crippen LogP contribution in [0.2, 0.25) is 0 Å². The highest BCUT2D eigenvalue weighted by atomic mass is 16.6. The van der Waals surface area contributed by atoms with Gasteiger partial charge in [0.1, 0.15) is 5.69 Å². The van der Waals surface area contributed by atoms with E-state index in [1.54, 1.807) is 12.1 Å². The largest absolute Gasteiger partial charge is 0.393 e. The zero-order valence-corrected chi connectivity index (χ0v) is 10.1. The predicted octanol–water partition coefficient (Wildman–Crippen LogP) is 1.13. The number of aliphatic hydroxyl groups excluding tert-OH is 1. The molecule has 0 unspecified atom stereocenters. The Bertz CT molecular complexity index is 442. The maximum atomic E-state index is 10.6. The first-order valence-corrected chi connectivity index (χ1v) is 5.99. The molecular formula is C12H17N3O3. The van der Waals surface area contributed by atoms with Gasteiger partial charge in [0.15, 0.2) is 0 Å². The van der Waals surface area contributed by atoms with Crippen molar-refractivity contribution in [2.24, 2.45) is 0 Å². The third-order valence-electron chi connectivity index (χ3n) is 3.25.